The van der Waals surface area contributed by atoms with Crippen molar-refractivity contribution in [2.45, 2.75) is 11.7 Å². The number of amides is 1. The Kier molecular flexibility index (Phi) is 5.35. The van der Waals surface area contributed by atoms with Gasteiger partial charge < -0.3 is 10.1 Å². The highest BCUT2D eigenvalue weighted by Gasteiger charge is 2.13. The molecule has 0 radical (unpaired) electrons. The zero-order chi connectivity index (χ0) is 15.2. The third kappa shape index (κ3) is 4.05. The third-order valence-electron chi connectivity index (χ3n) is 2.58. The average Bonchev–Trinajstić information content (AvgIpc) is 2.53. The number of rotatable bonds is 5. The van der Waals surface area contributed by atoms with Crippen LogP contribution in [0, 0.1) is 0 Å². The lowest BCUT2D eigenvalue weighted by Gasteiger charge is -2.07. The number of ether oxygens (including phenoxy) is 1. The van der Waals surface area contributed by atoms with Crippen LogP contribution in [-0.2, 0) is 6.54 Å². The van der Waals surface area contributed by atoms with Gasteiger partial charge in [-0.25, -0.2) is 15.0 Å². The Hall–Kier alpha value is -1.86. The second-order valence-corrected chi connectivity index (χ2v) is 5.13. The fourth-order valence-electron chi connectivity index (χ4n) is 1.51. The molecule has 1 amide bonds. The molecule has 0 unspecified atom stereocenters. The van der Waals surface area contributed by atoms with Gasteiger partial charge in [-0.2, -0.15) is 0 Å². The molecule has 2 rings (SSSR count). The van der Waals surface area contributed by atoms with Gasteiger partial charge in [0.2, 0.25) is 5.88 Å². The van der Waals surface area contributed by atoms with Crippen LogP contribution in [0.4, 0.5) is 0 Å². The van der Waals surface area contributed by atoms with E-state index in [0.717, 1.165) is 5.56 Å². The van der Waals surface area contributed by atoms with E-state index in [1.54, 1.807) is 19.4 Å². The van der Waals surface area contributed by atoms with Gasteiger partial charge in [0, 0.05) is 18.8 Å². The molecule has 0 aliphatic carbocycles. The van der Waals surface area contributed by atoms with E-state index in [1.807, 2.05) is 12.3 Å². The fraction of sp³-hybridized carbons (Fsp3) is 0.231. The molecule has 0 atom stereocenters. The minimum Gasteiger partial charge on any atom is -0.481 e. The zero-order valence-corrected chi connectivity index (χ0v) is 13.0. The Morgan fingerprint density at radius 2 is 2.19 bits per heavy atom. The number of carbonyl (C=O) groups is 1. The van der Waals surface area contributed by atoms with Crippen molar-refractivity contribution >= 4 is 29.3 Å². The number of thioether (sulfide) groups is 1. The molecule has 0 aliphatic rings. The van der Waals surface area contributed by atoms with E-state index in [1.165, 1.54) is 18.0 Å². The Morgan fingerprint density at radius 3 is 2.81 bits per heavy atom. The molecule has 2 heterocycles. The number of halogens is 1. The summed E-state index contributed by atoms with van der Waals surface area (Å²) in [6.45, 7) is 0.324. The predicted octanol–water partition coefficient (Wildman–Crippen LogP) is 2.19. The number of aromatic nitrogens is 3. The number of hydrogen-bond donors (Lipinski definition) is 1. The standard InChI is InChI=1S/C13H13ClN4O2S/c1-20-10-4-3-8(5-15-10)6-16-12(19)11-9(14)7-17-13(18-11)21-2/h3-5,7H,6H2,1-2H3,(H,16,19). The normalized spacial score (nSPS) is 10.2. The highest BCUT2D eigenvalue weighted by atomic mass is 35.5. The van der Waals surface area contributed by atoms with Gasteiger partial charge in [0.15, 0.2) is 10.9 Å². The topological polar surface area (TPSA) is 77.0 Å². The van der Waals surface area contributed by atoms with Gasteiger partial charge in [-0.1, -0.05) is 29.4 Å². The number of carbonyl (C=O) groups excluding carboxylic acids is 1. The Bertz CT molecular complexity index is 637. The number of pyridine rings is 1. The minimum absolute atomic E-state index is 0.164. The second-order valence-electron chi connectivity index (χ2n) is 3.94. The van der Waals surface area contributed by atoms with Crippen LogP contribution in [0.15, 0.2) is 29.7 Å². The van der Waals surface area contributed by atoms with Crippen LogP contribution in [0.2, 0.25) is 5.02 Å². The summed E-state index contributed by atoms with van der Waals surface area (Å²) >= 11 is 7.29. The molecule has 0 saturated carbocycles. The fourth-order valence-corrected chi connectivity index (χ4v) is 2.03. The highest BCUT2D eigenvalue weighted by Crippen LogP contribution is 2.16. The van der Waals surface area contributed by atoms with Gasteiger partial charge in [-0.3, -0.25) is 4.79 Å². The van der Waals surface area contributed by atoms with Crippen molar-refractivity contribution in [2.24, 2.45) is 0 Å². The van der Waals surface area contributed by atoms with Crippen LogP contribution in [0.25, 0.3) is 0 Å². The van der Waals surface area contributed by atoms with E-state index < -0.39 is 0 Å². The maximum Gasteiger partial charge on any atom is 0.271 e. The molecule has 0 saturated heterocycles. The molecule has 0 spiro atoms. The van der Waals surface area contributed by atoms with Crippen molar-refractivity contribution in [3.05, 3.63) is 40.8 Å². The first-order valence-corrected chi connectivity index (χ1v) is 7.58. The average molecular weight is 325 g/mol. The van der Waals surface area contributed by atoms with Crippen molar-refractivity contribution in [3.8, 4) is 5.88 Å². The van der Waals surface area contributed by atoms with Crippen molar-refractivity contribution in [3.63, 3.8) is 0 Å². The molecule has 0 bridgehead atoms. The van der Waals surface area contributed by atoms with E-state index in [9.17, 15) is 4.79 Å². The molecular weight excluding hydrogens is 312 g/mol. The maximum absolute atomic E-state index is 12.1. The summed E-state index contributed by atoms with van der Waals surface area (Å²) in [6.07, 6.45) is 4.88. The predicted molar refractivity (Wildman–Crippen MR) is 80.8 cm³/mol. The molecule has 0 aromatic carbocycles. The molecule has 110 valence electrons. The van der Waals surface area contributed by atoms with E-state index in [2.05, 4.69) is 20.3 Å². The third-order valence-corrected chi connectivity index (χ3v) is 3.42. The van der Waals surface area contributed by atoms with Crippen LogP contribution >= 0.6 is 23.4 Å². The quantitative estimate of drug-likeness (QED) is 0.671. The van der Waals surface area contributed by atoms with Crippen molar-refractivity contribution in [1.82, 2.24) is 20.3 Å². The molecule has 2 aromatic heterocycles. The van der Waals surface area contributed by atoms with Crippen molar-refractivity contribution in [2.75, 3.05) is 13.4 Å². The van der Waals surface area contributed by atoms with Gasteiger partial charge in [0.05, 0.1) is 18.3 Å². The minimum atomic E-state index is -0.353. The Morgan fingerprint density at radius 1 is 1.38 bits per heavy atom. The summed E-state index contributed by atoms with van der Waals surface area (Å²) in [5.41, 5.74) is 1.01. The molecule has 2 aromatic rings. The number of methoxy groups -OCH3 is 1. The van der Waals surface area contributed by atoms with Crippen LogP contribution in [0.5, 0.6) is 5.88 Å². The van der Waals surface area contributed by atoms with E-state index >= 15 is 0 Å². The number of nitrogens with one attached hydrogen (secondary N) is 1. The van der Waals surface area contributed by atoms with E-state index in [-0.39, 0.29) is 16.6 Å². The Labute approximate surface area is 131 Å². The van der Waals surface area contributed by atoms with E-state index in [4.69, 9.17) is 16.3 Å². The lowest BCUT2D eigenvalue weighted by atomic mass is 10.2. The molecule has 0 fully saturated rings. The smallest absolute Gasteiger partial charge is 0.271 e. The summed E-state index contributed by atoms with van der Waals surface area (Å²) in [5, 5.41) is 3.46. The van der Waals surface area contributed by atoms with Crippen LogP contribution in [0.1, 0.15) is 16.1 Å². The van der Waals surface area contributed by atoms with Gasteiger partial charge in [0.1, 0.15) is 0 Å². The van der Waals surface area contributed by atoms with Crippen molar-refractivity contribution in [1.29, 1.82) is 0 Å². The van der Waals surface area contributed by atoms with Gasteiger partial charge in [-0.15, -0.1) is 0 Å². The van der Waals surface area contributed by atoms with Crippen molar-refractivity contribution < 1.29 is 9.53 Å². The van der Waals surface area contributed by atoms with Crippen LogP contribution in [-0.4, -0.2) is 34.2 Å². The van der Waals surface area contributed by atoms with Gasteiger partial charge in [-0.05, 0) is 11.8 Å². The molecular formula is C13H13ClN4O2S. The monoisotopic (exact) mass is 324 g/mol. The van der Waals surface area contributed by atoms with Crippen LogP contribution in [0.3, 0.4) is 0 Å². The lowest BCUT2D eigenvalue weighted by molar-refractivity contribution is 0.0945. The van der Waals surface area contributed by atoms with E-state index in [0.29, 0.717) is 17.6 Å². The summed E-state index contributed by atoms with van der Waals surface area (Å²) in [4.78, 5) is 24.2. The van der Waals surface area contributed by atoms with Gasteiger partial charge >= 0.3 is 0 Å². The second kappa shape index (κ2) is 7.24. The molecule has 21 heavy (non-hydrogen) atoms. The zero-order valence-electron chi connectivity index (χ0n) is 11.5. The number of nitrogens with zero attached hydrogens (tertiary/aromatic N) is 3. The van der Waals surface area contributed by atoms with Crippen LogP contribution < -0.4 is 10.1 Å². The molecule has 0 aliphatic heterocycles. The summed E-state index contributed by atoms with van der Waals surface area (Å²) in [6, 6.07) is 3.55. The highest BCUT2D eigenvalue weighted by molar-refractivity contribution is 7.98. The Balaban J connectivity index is 2.04. The molecule has 1 N–H and O–H groups in total. The maximum atomic E-state index is 12.1. The first-order valence-electron chi connectivity index (χ1n) is 5.97. The summed E-state index contributed by atoms with van der Waals surface area (Å²) in [7, 11) is 1.55. The number of hydrogen-bond acceptors (Lipinski definition) is 6. The lowest BCUT2D eigenvalue weighted by Crippen LogP contribution is -2.24. The largest absolute Gasteiger partial charge is 0.481 e. The molecule has 8 heteroatoms. The first-order chi connectivity index (χ1) is 10.1. The summed E-state index contributed by atoms with van der Waals surface area (Å²) in [5.74, 6) is 0.169. The van der Waals surface area contributed by atoms with Gasteiger partial charge in [0.25, 0.3) is 5.91 Å². The SMILES string of the molecule is COc1ccc(CNC(=O)c2nc(SC)ncc2Cl)cn1. The molecule has 6 nitrogen and oxygen atoms in total. The summed E-state index contributed by atoms with van der Waals surface area (Å²) < 4.78 is 4.97. The first kappa shape index (κ1) is 15.5.